The van der Waals surface area contributed by atoms with Gasteiger partial charge in [-0.25, -0.2) is 18.2 Å². The van der Waals surface area contributed by atoms with E-state index < -0.39 is 23.3 Å². The third-order valence-electron chi connectivity index (χ3n) is 9.12. The number of aromatic nitrogens is 1. The second kappa shape index (κ2) is 10.9. The van der Waals surface area contributed by atoms with Gasteiger partial charge in [-0.3, -0.25) is 4.90 Å². The van der Waals surface area contributed by atoms with E-state index in [-0.39, 0.29) is 64.2 Å². The van der Waals surface area contributed by atoms with E-state index in [1.165, 1.54) is 24.3 Å². The maximum Gasteiger partial charge on any atom is 0.232 e. The molecule has 0 spiro atoms. The molecule has 0 saturated carbocycles. The quantitative estimate of drug-likeness (QED) is 0.280. The number of phenolic OH excluding ortho intramolecular Hbond substituents is 1. The second-order valence-electron chi connectivity index (χ2n) is 11.5. The monoisotopic (exact) mass is 594 g/mol. The molecule has 7 rings (SSSR count). The Balaban J connectivity index is 0.00000316. The van der Waals surface area contributed by atoms with E-state index in [1.807, 2.05) is 0 Å². The molecule has 6 nitrogen and oxygen atoms in total. The summed E-state index contributed by atoms with van der Waals surface area (Å²) < 4.78 is 52.2. The highest BCUT2D eigenvalue weighted by Gasteiger charge is 2.49. The van der Waals surface area contributed by atoms with Gasteiger partial charge in [-0.1, -0.05) is 24.3 Å². The Hall–Kier alpha value is -3.58. The average molecular weight is 595 g/mol. The zero-order valence-corrected chi connectivity index (χ0v) is 23.6. The first-order chi connectivity index (χ1) is 19.9. The number of pyridine rings is 1. The van der Waals surface area contributed by atoms with Gasteiger partial charge in [-0.2, -0.15) is 5.26 Å². The summed E-state index contributed by atoms with van der Waals surface area (Å²) in [6, 6.07) is 12.8. The number of alkyl halides is 1. The van der Waals surface area contributed by atoms with Gasteiger partial charge in [0.15, 0.2) is 5.82 Å². The van der Waals surface area contributed by atoms with Crippen molar-refractivity contribution in [3.05, 3.63) is 65.2 Å². The minimum atomic E-state index is -0.934. The van der Waals surface area contributed by atoms with Crippen LogP contribution in [0.2, 0.25) is 0 Å². The molecular formula is C32H30ClF3N4O2. The van der Waals surface area contributed by atoms with Crippen molar-refractivity contribution in [2.75, 3.05) is 32.8 Å². The number of halogens is 4. The molecule has 218 valence electrons. The van der Waals surface area contributed by atoms with E-state index in [2.05, 4.69) is 21.3 Å². The number of nitriles is 1. The molecule has 0 radical (unpaired) electrons. The molecule has 4 heterocycles. The van der Waals surface area contributed by atoms with Crippen LogP contribution in [0.5, 0.6) is 11.6 Å². The highest BCUT2D eigenvalue weighted by atomic mass is 35.5. The number of hydrogen-bond donors (Lipinski definition) is 2. The predicted molar refractivity (Wildman–Crippen MR) is 157 cm³/mol. The van der Waals surface area contributed by atoms with Crippen molar-refractivity contribution in [2.24, 2.45) is 0 Å². The Labute approximate surface area is 247 Å². The van der Waals surface area contributed by atoms with Gasteiger partial charge < -0.3 is 15.2 Å². The summed E-state index contributed by atoms with van der Waals surface area (Å²) in [4.78, 5) is 6.69. The van der Waals surface area contributed by atoms with Crippen molar-refractivity contribution < 1.29 is 23.0 Å². The van der Waals surface area contributed by atoms with Gasteiger partial charge in [0.1, 0.15) is 41.5 Å². The third-order valence-corrected chi connectivity index (χ3v) is 9.12. The minimum Gasteiger partial charge on any atom is -0.508 e. The third kappa shape index (κ3) is 4.53. The fourth-order valence-electron chi connectivity index (χ4n) is 7.27. The second-order valence-corrected chi connectivity index (χ2v) is 11.5. The number of nitrogens with one attached hydrogen (secondary N) is 1. The molecule has 3 aromatic carbocycles. The predicted octanol–water partition coefficient (Wildman–Crippen LogP) is 6.36. The number of benzene rings is 3. The molecule has 3 fully saturated rings. The molecule has 3 saturated heterocycles. The zero-order valence-electron chi connectivity index (χ0n) is 22.8. The van der Waals surface area contributed by atoms with Gasteiger partial charge in [0.25, 0.3) is 0 Å². The Morgan fingerprint density at radius 3 is 2.83 bits per heavy atom. The summed E-state index contributed by atoms with van der Waals surface area (Å²) in [6.07, 6.45) is 1.92. The standard InChI is InChI=1S/C32H29F3N4O2.ClH/c33-20-13-32(8-2-10-39(32)16-20)17-41-31-25(14-36)27(19-7-9-37-15-19)23-6-5-22(29(35)30(23)38-31)24-12-21(40)11-18-3-1-4-26(34)28(18)24;/h1,3-6,11-12,19-20,37,40H,2,7-10,13,15-17H2;1H/t19?,20-,32+;/m1./s1. The molecule has 1 unspecified atom stereocenters. The zero-order chi connectivity index (χ0) is 28.3. The van der Waals surface area contributed by atoms with E-state index in [0.717, 1.165) is 32.4 Å². The summed E-state index contributed by atoms with van der Waals surface area (Å²) in [7, 11) is 0. The topological polar surface area (TPSA) is 81.4 Å². The lowest BCUT2D eigenvalue weighted by atomic mass is 9.89. The highest BCUT2D eigenvalue weighted by Crippen LogP contribution is 2.43. The number of hydrogen-bond acceptors (Lipinski definition) is 6. The fourth-order valence-corrected chi connectivity index (χ4v) is 7.27. The number of rotatable bonds is 5. The van der Waals surface area contributed by atoms with Crippen LogP contribution in [0.3, 0.4) is 0 Å². The minimum absolute atomic E-state index is 0. The Kier molecular flexibility index (Phi) is 7.42. The fraction of sp³-hybridized carbons (Fsp3) is 0.375. The molecule has 4 aromatic rings. The maximum atomic E-state index is 16.6. The molecule has 0 aliphatic carbocycles. The van der Waals surface area contributed by atoms with Crippen molar-refractivity contribution in [1.82, 2.24) is 15.2 Å². The molecule has 10 heteroatoms. The summed E-state index contributed by atoms with van der Waals surface area (Å²) in [5.41, 5.74) is 0.778. The summed E-state index contributed by atoms with van der Waals surface area (Å²) in [5.74, 6) is -1.35. The Morgan fingerprint density at radius 1 is 1.19 bits per heavy atom. The van der Waals surface area contributed by atoms with Crippen LogP contribution in [0.1, 0.15) is 42.7 Å². The van der Waals surface area contributed by atoms with Crippen molar-refractivity contribution in [3.63, 3.8) is 0 Å². The van der Waals surface area contributed by atoms with Crippen LogP contribution in [0.15, 0.2) is 42.5 Å². The largest absolute Gasteiger partial charge is 0.508 e. The molecule has 3 aliphatic heterocycles. The van der Waals surface area contributed by atoms with Crippen LogP contribution in [-0.2, 0) is 0 Å². The lowest BCUT2D eigenvalue weighted by Crippen LogP contribution is -2.43. The van der Waals surface area contributed by atoms with Crippen molar-refractivity contribution in [2.45, 2.75) is 43.3 Å². The van der Waals surface area contributed by atoms with E-state index in [9.17, 15) is 14.8 Å². The molecule has 0 amide bonds. The lowest BCUT2D eigenvalue weighted by Gasteiger charge is -2.31. The van der Waals surface area contributed by atoms with Crippen molar-refractivity contribution >= 4 is 34.1 Å². The van der Waals surface area contributed by atoms with Crippen LogP contribution >= 0.6 is 12.4 Å². The van der Waals surface area contributed by atoms with Crippen LogP contribution in [0.4, 0.5) is 13.2 Å². The SMILES string of the molecule is Cl.N#Cc1c(OC[C@@]23CCCN2C[C@H](F)C3)nc2c(F)c(-c3cc(O)cc4cccc(F)c34)ccc2c1C1CCNC1. The summed E-state index contributed by atoms with van der Waals surface area (Å²) >= 11 is 0. The maximum absolute atomic E-state index is 16.6. The average Bonchev–Trinajstić information content (AvgIpc) is 3.68. The van der Waals surface area contributed by atoms with Crippen molar-refractivity contribution in [1.29, 1.82) is 5.26 Å². The van der Waals surface area contributed by atoms with Crippen LogP contribution in [0, 0.1) is 23.0 Å². The molecule has 0 bridgehead atoms. The highest BCUT2D eigenvalue weighted by molar-refractivity contribution is 6.01. The van der Waals surface area contributed by atoms with Crippen LogP contribution < -0.4 is 10.1 Å². The van der Waals surface area contributed by atoms with Crippen molar-refractivity contribution in [3.8, 4) is 28.8 Å². The van der Waals surface area contributed by atoms with Gasteiger partial charge in [-0.05, 0) is 73.0 Å². The Morgan fingerprint density at radius 2 is 2.05 bits per heavy atom. The van der Waals surface area contributed by atoms with Gasteiger partial charge in [0.05, 0.1) is 5.54 Å². The van der Waals surface area contributed by atoms with Gasteiger partial charge in [0, 0.05) is 35.8 Å². The Bertz CT molecular complexity index is 1740. The van der Waals surface area contributed by atoms with E-state index in [1.54, 1.807) is 18.2 Å². The first-order valence-electron chi connectivity index (χ1n) is 14.1. The number of nitrogens with zero attached hydrogens (tertiary/aromatic N) is 3. The van der Waals surface area contributed by atoms with Gasteiger partial charge in [0.2, 0.25) is 5.88 Å². The lowest BCUT2D eigenvalue weighted by molar-refractivity contribution is 0.110. The molecule has 3 atom stereocenters. The van der Waals surface area contributed by atoms with E-state index >= 15 is 8.78 Å². The first-order valence-corrected chi connectivity index (χ1v) is 14.1. The normalized spacial score (nSPS) is 23.7. The number of phenols is 1. The number of aromatic hydroxyl groups is 1. The van der Waals surface area contributed by atoms with Crippen LogP contribution in [0.25, 0.3) is 32.8 Å². The van der Waals surface area contributed by atoms with E-state index in [0.29, 0.717) is 35.8 Å². The van der Waals surface area contributed by atoms with E-state index in [4.69, 9.17) is 4.74 Å². The molecule has 2 N–H and O–H groups in total. The summed E-state index contributed by atoms with van der Waals surface area (Å²) in [5, 5.41) is 25.1. The first kappa shape index (κ1) is 28.5. The number of ether oxygens (including phenoxy) is 1. The molecule has 1 aromatic heterocycles. The number of fused-ring (bicyclic) bond motifs is 3. The molecule has 42 heavy (non-hydrogen) atoms. The molecular weight excluding hydrogens is 565 g/mol. The molecule has 3 aliphatic rings. The van der Waals surface area contributed by atoms with Gasteiger partial charge >= 0.3 is 0 Å². The summed E-state index contributed by atoms with van der Waals surface area (Å²) in [6.45, 7) is 2.71. The van der Waals surface area contributed by atoms with Crippen LogP contribution in [-0.4, -0.2) is 59.5 Å². The van der Waals surface area contributed by atoms with Gasteiger partial charge in [-0.15, -0.1) is 12.4 Å². The smallest absolute Gasteiger partial charge is 0.232 e.